The predicted octanol–water partition coefficient (Wildman–Crippen LogP) is 3.11. The van der Waals surface area contributed by atoms with Crippen LogP contribution in [0.2, 0.25) is 5.28 Å². The van der Waals surface area contributed by atoms with Crippen molar-refractivity contribution in [1.29, 1.82) is 0 Å². The van der Waals surface area contributed by atoms with Gasteiger partial charge in [-0.25, -0.2) is 14.8 Å². The van der Waals surface area contributed by atoms with E-state index in [0.29, 0.717) is 31.0 Å². The fraction of sp³-hybridized carbons (Fsp3) is 0.333. The van der Waals surface area contributed by atoms with Gasteiger partial charge in [0, 0.05) is 56.1 Å². The first-order valence-corrected chi connectivity index (χ1v) is 9.82. The summed E-state index contributed by atoms with van der Waals surface area (Å²) in [6, 6.07) is 5.40. The molecular weight excluding hydrogens is 406 g/mol. The summed E-state index contributed by atoms with van der Waals surface area (Å²) in [7, 11) is 1.62. The summed E-state index contributed by atoms with van der Waals surface area (Å²) in [4.78, 5) is 24.4. The van der Waals surface area contributed by atoms with Crippen LogP contribution in [0.4, 0.5) is 0 Å². The fourth-order valence-electron chi connectivity index (χ4n) is 3.26. The molecule has 0 aromatic carbocycles. The first kappa shape index (κ1) is 21.9. The van der Waals surface area contributed by atoms with Gasteiger partial charge in [-0.15, -0.1) is 0 Å². The van der Waals surface area contributed by atoms with Gasteiger partial charge in [-0.05, 0) is 48.7 Å². The highest BCUT2D eigenvalue weighted by Gasteiger charge is 2.19. The zero-order chi connectivity index (χ0) is 21.7. The summed E-state index contributed by atoms with van der Waals surface area (Å²) in [6.07, 6.45) is 5.15. The van der Waals surface area contributed by atoms with Crippen molar-refractivity contribution >= 4 is 17.6 Å². The van der Waals surface area contributed by atoms with Gasteiger partial charge in [-0.3, -0.25) is 4.98 Å². The maximum Gasteiger partial charge on any atom is 0.352 e. The van der Waals surface area contributed by atoms with E-state index in [2.05, 4.69) is 20.3 Å². The molecule has 3 heterocycles. The SMILES string of the molecule is COCC(Cn1cc(-c2nc(Cl)ncc2C)cc1C(=O)O)NCc1cccnc1C. The molecule has 0 bridgehead atoms. The molecule has 158 valence electrons. The number of carbonyl (C=O) groups is 1. The number of carboxylic acids is 1. The maximum atomic E-state index is 11.8. The van der Waals surface area contributed by atoms with Gasteiger partial charge in [-0.1, -0.05) is 6.07 Å². The van der Waals surface area contributed by atoms with Crippen LogP contribution in [0.3, 0.4) is 0 Å². The van der Waals surface area contributed by atoms with Crippen molar-refractivity contribution in [2.75, 3.05) is 13.7 Å². The highest BCUT2D eigenvalue weighted by Crippen LogP contribution is 2.25. The Bertz CT molecular complexity index is 1040. The summed E-state index contributed by atoms with van der Waals surface area (Å²) in [6.45, 7) is 5.25. The van der Waals surface area contributed by atoms with Gasteiger partial charge in [0.2, 0.25) is 5.28 Å². The maximum absolute atomic E-state index is 11.8. The van der Waals surface area contributed by atoms with Gasteiger partial charge in [0.1, 0.15) is 5.69 Å². The number of hydrogen-bond donors (Lipinski definition) is 2. The molecule has 1 unspecified atom stereocenters. The van der Waals surface area contributed by atoms with E-state index < -0.39 is 5.97 Å². The number of aryl methyl sites for hydroxylation is 2. The number of halogens is 1. The smallest absolute Gasteiger partial charge is 0.352 e. The quantitative estimate of drug-likeness (QED) is 0.504. The Morgan fingerprint density at radius 1 is 1.37 bits per heavy atom. The third-order valence-electron chi connectivity index (χ3n) is 4.81. The van der Waals surface area contributed by atoms with E-state index >= 15 is 0 Å². The monoisotopic (exact) mass is 429 g/mol. The number of aromatic carboxylic acids is 1. The van der Waals surface area contributed by atoms with E-state index in [9.17, 15) is 9.90 Å². The van der Waals surface area contributed by atoms with Gasteiger partial charge in [0.15, 0.2) is 0 Å². The Morgan fingerprint density at radius 3 is 2.87 bits per heavy atom. The predicted molar refractivity (Wildman–Crippen MR) is 114 cm³/mol. The van der Waals surface area contributed by atoms with E-state index in [0.717, 1.165) is 16.8 Å². The van der Waals surface area contributed by atoms with Crippen LogP contribution in [0.1, 0.15) is 27.3 Å². The Hall–Kier alpha value is -2.81. The van der Waals surface area contributed by atoms with Gasteiger partial charge in [0.05, 0.1) is 12.3 Å². The summed E-state index contributed by atoms with van der Waals surface area (Å²) in [5.74, 6) is -1.02. The molecule has 3 aromatic rings. The van der Waals surface area contributed by atoms with Crippen molar-refractivity contribution in [3.05, 3.63) is 64.6 Å². The van der Waals surface area contributed by atoms with Gasteiger partial charge in [-0.2, -0.15) is 0 Å². The lowest BCUT2D eigenvalue weighted by Gasteiger charge is -2.20. The van der Waals surface area contributed by atoms with E-state index in [1.807, 2.05) is 26.0 Å². The minimum atomic E-state index is -1.02. The summed E-state index contributed by atoms with van der Waals surface area (Å²) >= 11 is 5.94. The molecule has 30 heavy (non-hydrogen) atoms. The van der Waals surface area contributed by atoms with Gasteiger partial charge < -0.3 is 19.7 Å². The Kier molecular flexibility index (Phi) is 7.15. The first-order valence-electron chi connectivity index (χ1n) is 9.44. The number of nitrogens with zero attached hydrogens (tertiary/aromatic N) is 4. The standard InChI is InChI=1S/C21H24ClN5O3/c1-13-8-25-21(22)26-19(13)16-7-18(20(28)29)27(10-16)11-17(12-30-3)24-9-15-5-4-6-23-14(15)2/h4-8,10,17,24H,9,11-12H2,1-3H3,(H,28,29). The van der Waals surface area contributed by atoms with Crippen molar-refractivity contribution in [3.63, 3.8) is 0 Å². The topological polar surface area (TPSA) is 102 Å². The lowest BCUT2D eigenvalue weighted by Crippen LogP contribution is -2.37. The molecule has 0 spiro atoms. The molecule has 3 rings (SSSR count). The van der Waals surface area contributed by atoms with E-state index in [-0.39, 0.29) is 17.0 Å². The zero-order valence-corrected chi connectivity index (χ0v) is 17.8. The number of carboxylic acid groups (broad SMARTS) is 1. The van der Waals surface area contributed by atoms with Crippen LogP contribution in [-0.4, -0.2) is 50.4 Å². The molecule has 9 heteroatoms. The van der Waals surface area contributed by atoms with Crippen LogP contribution in [0.25, 0.3) is 11.3 Å². The second kappa shape index (κ2) is 9.80. The minimum Gasteiger partial charge on any atom is -0.477 e. The third kappa shape index (κ3) is 5.21. The lowest BCUT2D eigenvalue weighted by molar-refractivity contribution is 0.0682. The number of aromatic nitrogens is 4. The average Bonchev–Trinajstić information content (AvgIpc) is 3.13. The van der Waals surface area contributed by atoms with Crippen molar-refractivity contribution in [2.45, 2.75) is 33.0 Å². The fourth-order valence-corrected chi connectivity index (χ4v) is 3.39. The number of hydrogen-bond acceptors (Lipinski definition) is 6. The first-order chi connectivity index (χ1) is 14.4. The normalized spacial score (nSPS) is 12.1. The van der Waals surface area contributed by atoms with Crippen molar-refractivity contribution in [2.24, 2.45) is 0 Å². The highest BCUT2D eigenvalue weighted by molar-refractivity contribution is 6.28. The Balaban J connectivity index is 1.85. The van der Waals surface area contributed by atoms with Crippen molar-refractivity contribution in [3.8, 4) is 11.3 Å². The van der Waals surface area contributed by atoms with Gasteiger partial charge in [0.25, 0.3) is 0 Å². The molecule has 0 amide bonds. The Morgan fingerprint density at radius 2 is 2.17 bits per heavy atom. The molecule has 1 atom stereocenters. The third-order valence-corrected chi connectivity index (χ3v) is 5.00. The van der Waals surface area contributed by atoms with E-state index in [1.165, 1.54) is 0 Å². The molecule has 0 fully saturated rings. The summed E-state index contributed by atoms with van der Waals surface area (Å²) < 4.78 is 7.04. The molecule has 0 aliphatic rings. The van der Waals surface area contributed by atoms with E-state index in [1.54, 1.807) is 36.3 Å². The van der Waals surface area contributed by atoms with E-state index in [4.69, 9.17) is 16.3 Å². The number of pyridine rings is 1. The average molecular weight is 430 g/mol. The molecule has 0 aliphatic carbocycles. The molecule has 2 N–H and O–H groups in total. The second-order valence-electron chi connectivity index (χ2n) is 7.02. The summed E-state index contributed by atoms with van der Waals surface area (Å²) in [5.41, 5.74) is 4.29. The number of nitrogens with one attached hydrogen (secondary N) is 1. The van der Waals surface area contributed by atoms with Crippen molar-refractivity contribution in [1.82, 2.24) is 24.8 Å². The number of ether oxygens (including phenoxy) is 1. The van der Waals surface area contributed by atoms with Crippen LogP contribution in [0.5, 0.6) is 0 Å². The molecule has 0 aliphatic heterocycles. The van der Waals surface area contributed by atoms with Crippen LogP contribution in [0, 0.1) is 13.8 Å². The molecular formula is C21H24ClN5O3. The van der Waals surface area contributed by atoms with Crippen molar-refractivity contribution < 1.29 is 14.6 Å². The largest absolute Gasteiger partial charge is 0.477 e. The molecule has 0 saturated carbocycles. The van der Waals surface area contributed by atoms with Crippen LogP contribution in [-0.2, 0) is 17.8 Å². The molecule has 0 saturated heterocycles. The Labute approximate surface area is 179 Å². The minimum absolute atomic E-state index is 0.108. The lowest BCUT2D eigenvalue weighted by atomic mass is 10.1. The van der Waals surface area contributed by atoms with Gasteiger partial charge >= 0.3 is 5.97 Å². The van der Waals surface area contributed by atoms with Crippen LogP contribution < -0.4 is 5.32 Å². The van der Waals surface area contributed by atoms with Crippen LogP contribution >= 0.6 is 11.6 Å². The molecule has 0 radical (unpaired) electrons. The highest BCUT2D eigenvalue weighted by atomic mass is 35.5. The zero-order valence-electron chi connectivity index (χ0n) is 17.1. The molecule has 3 aromatic heterocycles. The molecule has 8 nitrogen and oxygen atoms in total. The number of rotatable bonds is 9. The second-order valence-corrected chi connectivity index (χ2v) is 7.36. The number of methoxy groups -OCH3 is 1. The summed E-state index contributed by atoms with van der Waals surface area (Å²) in [5, 5.41) is 13.3. The van der Waals surface area contributed by atoms with Crippen LogP contribution in [0.15, 0.2) is 36.8 Å².